The zero-order valence-corrected chi connectivity index (χ0v) is 7.99. The van der Waals surface area contributed by atoms with Crippen molar-refractivity contribution in [3.63, 3.8) is 0 Å². The Bertz CT molecular complexity index is 279. The average Bonchev–Trinajstić information content (AvgIpc) is 2.57. The largest absolute Gasteiger partial charge is 0.489 e. The molecule has 2 heteroatoms. The van der Waals surface area contributed by atoms with Crippen LogP contribution in [0.4, 0.5) is 0 Å². The summed E-state index contributed by atoms with van der Waals surface area (Å²) in [5.74, 6) is 0.923. The van der Waals surface area contributed by atoms with Crippen molar-refractivity contribution in [3.05, 3.63) is 24.0 Å². The van der Waals surface area contributed by atoms with Crippen molar-refractivity contribution in [1.82, 2.24) is 4.98 Å². The molecule has 0 unspecified atom stereocenters. The fraction of sp³-hybridized carbons (Fsp3) is 0.545. The summed E-state index contributed by atoms with van der Waals surface area (Å²) in [6.07, 6.45) is 9.10. The minimum Gasteiger partial charge on any atom is -0.489 e. The molecule has 1 fully saturated rings. The van der Waals surface area contributed by atoms with Crippen LogP contribution in [0.3, 0.4) is 0 Å². The molecule has 0 N–H and O–H groups in total. The molecule has 0 radical (unpaired) electrons. The summed E-state index contributed by atoms with van der Waals surface area (Å²) in [7, 11) is 0. The number of ether oxygens (including phenoxy) is 1. The van der Waals surface area contributed by atoms with Gasteiger partial charge in [0.1, 0.15) is 5.75 Å². The molecule has 0 aromatic carbocycles. The van der Waals surface area contributed by atoms with Crippen molar-refractivity contribution < 1.29 is 4.74 Å². The Kier molecular flexibility index (Phi) is 2.48. The van der Waals surface area contributed by atoms with Gasteiger partial charge in [0.15, 0.2) is 0 Å². The lowest BCUT2D eigenvalue weighted by Crippen LogP contribution is -2.10. The first kappa shape index (κ1) is 8.54. The minimum atomic E-state index is 0.434. The molecule has 0 spiro atoms. The van der Waals surface area contributed by atoms with Crippen molar-refractivity contribution in [2.75, 3.05) is 0 Å². The molecule has 1 aliphatic rings. The third kappa shape index (κ3) is 2.20. The maximum atomic E-state index is 5.79. The second kappa shape index (κ2) is 3.77. The molecule has 1 aromatic heterocycles. The zero-order chi connectivity index (χ0) is 9.10. The molecular weight excluding hydrogens is 162 g/mol. The number of nitrogens with zero attached hydrogens (tertiary/aromatic N) is 1. The van der Waals surface area contributed by atoms with Gasteiger partial charge in [0.25, 0.3) is 0 Å². The Labute approximate surface area is 78.9 Å². The highest BCUT2D eigenvalue weighted by Gasteiger charge is 2.16. The summed E-state index contributed by atoms with van der Waals surface area (Å²) in [6.45, 7) is 2.04. The lowest BCUT2D eigenvalue weighted by Gasteiger charge is -2.12. The molecule has 0 atom stereocenters. The second-order valence-electron chi connectivity index (χ2n) is 3.72. The third-order valence-electron chi connectivity index (χ3n) is 2.45. The fourth-order valence-electron chi connectivity index (χ4n) is 1.79. The van der Waals surface area contributed by atoms with Crippen molar-refractivity contribution in [1.29, 1.82) is 0 Å². The van der Waals surface area contributed by atoms with E-state index in [1.807, 2.05) is 19.2 Å². The van der Waals surface area contributed by atoms with Gasteiger partial charge in [-0.15, -0.1) is 0 Å². The first-order chi connectivity index (χ1) is 6.34. The molecule has 0 aliphatic heterocycles. The van der Waals surface area contributed by atoms with E-state index in [9.17, 15) is 0 Å². The van der Waals surface area contributed by atoms with Crippen molar-refractivity contribution in [3.8, 4) is 5.75 Å². The average molecular weight is 177 g/mol. The van der Waals surface area contributed by atoms with Gasteiger partial charge in [-0.3, -0.25) is 4.98 Å². The van der Waals surface area contributed by atoms with E-state index in [2.05, 4.69) is 4.98 Å². The van der Waals surface area contributed by atoms with Crippen LogP contribution in [0.15, 0.2) is 18.5 Å². The Hall–Kier alpha value is -1.05. The van der Waals surface area contributed by atoms with Gasteiger partial charge >= 0.3 is 0 Å². The molecule has 0 amide bonds. The Morgan fingerprint density at radius 2 is 2.08 bits per heavy atom. The SMILES string of the molecule is Cc1cncc(OC2CCCC2)c1. The second-order valence-corrected chi connectivity index (χ2v) is 3.72. The van der Waals surface area contributed by atoms with Crippen molar-refractivity contribution in [2.24, 2.45) is 0 Å². The van der Waals surface area contributed by atoms with Crippen LogP contribution in [0.1, 0.15) is 31.2 Å². The first-order valence-electron chi connectivity index (χ1n) is 4.93. The number of aromatic nitrogens is 1. The van der Waals surface area contributed by atoms with Gasteiger partial charge in [-0.2, -0.15) is 0 Å². The van der Waals surface area contributed by atoms with E-state index in [0.717, 1.165) is 11.3 Å². The summed E-state index contributed by atoms with van der Waals surface area (Å²) in [5, 5.41) is 0. The molecule has 0 saturated heterocycles. The maximum absolute atomic E-state index is 5.79. The minimum absolute atomic E-state index is 0.434. The third-order valence-corrected chi connectivity index (χ3v) is 2.45. The van der Waals surface area contributed by atoms with Crippen LogP contribution in [-0.2, 0) is 0 Å². The van der Waals surface area contributed by atoms with Crippen LogP contribution in [0, 0.1) is 6.92 Å². The Morgan fingerprint density at radius 3 is 2.77 bits per heavy atom. The van der Waals surface area contributed by atoms with Crippen LogP contribution >= 0.6 is 0 Å². The highest BCUT2D eigenvalue weighted by atomic mass is 16.5. The fourth-order valence-corrected chi connectivity index (χ4v) is 1.79. The van der Waals surface area contributed by atoms with Gasteiger partial charge < -0.3 is 4.74 Å². The van der Waals surface area contributed by atoms with E-state index < -0.39 is 0 Å². The van der Waals surface area contributed by atoms with Crippen LogP contribution in [0.5, 0.6) is 5.75 Å². The van der Waals surface area contributed by atoms with Gasteiger partial charge in [0, 0.05) is 6.20 Å². The molecule has 13 heavy (non-hydrogen) atoms. The lowest BCUT2D eigenvalue weighted by atomic mass is 10.3. The summed E-state index contributed by atoms with van der Waals surface area (Å²) in [4.78, 5) is 4.10. The highest BCUT2D eigenvalue weighted by molar-refractivity contribution is 5.22. The van der Waals surface area contributed by atoms with Crippen molar-refractivity contribution >= 4 is 0 Å². The molecule has 1 saturated carbocycles. The number of hydrogen-bond acceptors (Lipinski definition) is 2. The molecule has 1 aromatic rings. The van der Waals surface area contributed by atoms with E-state index >= 15 is 0 Å². The van der Waals surface area contributed by atoms with Gasteiger partial charge in [-0.25, -0.2) is 0 Å². The zero-order valence-electron chi connectivity index (χ0n) is 7.99. The highest BCUT2D eigenvalue weighted by Crippen LogP contribution is 2.23. The van der Waals surface area contributed by atoms with E-state index in [0.29, 0.717) is 6.10 Å². The van der Waals surface area contributed by atoms with Gasteiger partial charge in [-0.05, 0) is 44.2 Å². The molecule has 0 bridgehead atoms. The quantitative estimate of drug-likeness (QED) is 0.693. The van der Waals surface area contributed by atoms with Crippen LogP contribution in [0.25, 0.3) is 0 Å². The summed E-state index contributed by atoms with van der Waals surface area (Å²) < 4.78 is 5.79. The number of rotatable bonds is 2. The van der Waals surface area contributed by atoms with Crippen molar-refractivity contribution in [2.45, 2.75) is 38.7 Å². The normalized spacial score (nSPS) is 17.6. The monoisotopic (exact) mass is 177 g/mol. The van der Waals surface area contributed by atoms with E-state index in [-0.39, 0.29) is 0 Å². The summed E-state index contributed by atoms with van der Waals surface area (Å²) in [5.41, 5.74) is 1.16. The summed E-state index contributed by atoms with van der Waals surface area (Å²) >= 11 is 0. The number of hydrogen-bond donors (Lipinski definition) is 0. The molecular formula is C11H15NO. The van der Waals surface area contributed by atoms with E-state index in [1.165, 1.54) is 25.7 Å². The lowest BCUT2D eigenvalue weighted by molar-refractivity contribution is 0.209. The standard InChI is InChI=1S/C11H15NO/c1-9-6-11(8-12-7-9)13-10-4-2-3-5-10/h6-8,10H,2-5H2,1H3. The predicted octanol–water partition coefficient (Wildman–Crippen LogP) is 2.71. The van der Waals surface area contributed by atoms with E-state index in [4.69, 9.17) is 4.74 Å². The number of aryl methyl sites for hydroxylation is 1. The predicted molar refractivity (Wildman–Crippen MR) is 51.9 cm³/mol. The van der Waals surface area contributed by atoms with Gasteiger partial charge in [-0.1, -0.05) is 0 Å². The molecule has 2 nitrogen and oxygen atoms in total. The molecule has 70 valence electrons. The van der Waals surface area contributed by atoms with Gasteiger partial charge in [0.2, 0.25) is 0 Å². The van der Waals surface area contributed by atoms with Crippen LogP contribution in [-0.4, -0.2) is 11.1 Å². The Balaban J connectivity index is 2.00. The molecule has 2 rings (SSSR count). The maximum Gasteiger partial charge on any atom is 0.138 e. The number of pyridine rings is 1. The smallest absolute Gasteiger partial charge is 0.138 e. The summed E-state index contributed by atoms with van der Waals surface area (Å²) in [6, 6.07) is 2.05. The van der Waals surface area contributed by atoms with E-state index in [1.54, 1.807) is 6.20 Å². The first-order valence-corrected chi connectivity index (χ1v) is 4.93. The van der Waals surface area contributed by atoms with Crippen LogP contribution < -0.4 is 4.74 Å². The molecule has 1 heterocycles. The Morgan fingerprint density at radius 1 is 1.31 bits per heavy atom. The molecule has 1 aliphatic carbocycles. The van der Waals surface area contributed by atoms with Crippen LogP contribution in [0.2, 0.25) is 0 Å². The van der Waals surface area contributed by atoms with Gasteiger partial charge in [0.05, 0.1) is 12.3 Å². The topological polar surface area (TPSA) is 22.1 Å².